The van der Waals surface area contributed by atoms with Gasteiger partial charge in [-0.1, -0.05) is 12.1 Å². The highest BCUT2D eigenvalue weighted by atomic mass is 16.3. The third-order valence-corrected chi connectivity index (χ3v) is 7.02. The molecule has 3 aliphatic rings. The number of aromatic hydroxyl groups is 1. The van der Waals surface area contributed by atoms with Crippen LogP contribution < -0.4 is 5.73 Å². The van der Waals surface area contributed by atoms with E-state index in [2.05, 4.69) is 0 Å². The van der Waals surface area contributed by atoms with E-state index in [9.17, 15) is 39.9 Å². The maximum Gasteiger partial charge on any atom is 0.255 e. The van der Waals surface area contributed by atoms with Gasteiger partial charge in [-0.2, -0.15) is 0 Å². The number of nitrogens with zero attached hydrogens (tertiary/aromatic N) is 1. The minimum atomic E-state index is -2.75. The molecule has 1 fully saturated rings. The number of likely N-dealkylation sites (N-methyl/N-ethyl adjacent to an activating group) is 1. The number of Topliss-reactive ketones (excluding diaryl/α,β-unsaturated/α-hetero) is 2. The summed E-state index contributed by atoms with van der Waals surface area (Å²) in [6.07, 6.45) is -0.200. The molecule has 0 aliphatic heterocycles. The molecule has 5 atom stereocenters. The Morgan fingerprint density at radius 1 is 1.16 bits per heavy atom. The van der Waals surface area contributed by atoms with Crippen LogP contribution in [0.3, 0.4) is 0 Å². The molecule has 0 spiro atoms. The van der Waals surface area contributed by atoms with Gasteiger partial charge in [-0.3, -0.25) is 19.3 Å². The molecule has 0 radical (unpaired) electrons. The lowest BCUT2D eigenvalue weighted by molar-refractivity contribution is -0.159. The van der Waals surface area contributed by atoms with Gasteiger partial charge in [0.05, 0.1) is 17.2 Å². The van der Waals surface area contributed by atoms with E-state index < -0.39 is 75.0 Å². The number of benzene rings is 1. The number of aliphatic hydroxyl groups excluding tert-OH is 2. The summed E-state index contributed by atoms with van der Waals surface area (Å²) in [4.78, 5) is 40.0. The molecule has 2 unspecified atom stereocenters. The quantitative estimate of drug-likeness (QED) is 0.332. The zero-order valence-corrected chi connectivity index (χ0v) is 17.7. The SMILES string of the molecule is CN(C)[C@H]1C(=O)C(C(N)=O)=C(O)[C@@]2(O)C(=O)C3=C(O)c4c(O)cccc4[C@](C)(O)C3CC12. The predicted octanol–water partition coefficient (Wildman–Crippen LogP) is -0.371. The monoisotopic (exact) mass is 444 g/mol. The van der Waals surface area contributed by atoms with Crippen molar-refractivity contribution in [2.24, 2.45) is 17.6 Å². The van der Waals surface area contributed by atoms with Crippen LogP contribution >= 0.6 is 0 Å². The summed E-state index contributed by atoms with van der Waals surface area (Å²) in [5.41, 5.74) is -0.548. The molecule has 4 rings (SSSR count). The number of nitrogens with two attached hydrogens (primary N) is 1. The molecule has 170 valence electrons. The molecule has 1 aromatic carbocycles. The van der Waals surface area contributed by atoms with Crippen molar-refractivity contribution >= 4 is 23.2 Å². The minimum Gasteiger partial charge on any atom is -0.508 e. The number of phenolic OH excluding ortho intramolecular Hbond substituents is 1. The van der Waals surface area contributed by atoms with E-state index in [-0.39, 0.29) is 17.5 Å². The Morgan fingerprint density at radius 2 is 1.78 bits per heavy atom. The smallest absolute Gasteiger partial charge is 0.255 e. The molecule has 1 amide bonds. The second-order valence-corrected chi connectivity index (χ2v) is 8.96. The number of primary amides is 1. The van der Waals surface area contributed by atoms with Gasteiger partial charge in [0.15, 0.2) is 11.4 Å². The molecule has 1 saturated carbocycles. The van der Waals surface area contributed by atoms with Crippen LogP contribution in [0.5, 0.6) is 5.75 Å². The van der Waals surface area contributed by atoms with E-state index >= 15 is 0 Å². The maximum atomic E-state index is 13.7. The fraction of sp³-hybridized carbons (Fsp3) is 0.409. The third kappa shape index (κ3) is 2.48. The summed E-state index contributed by atoms with van der Waals surface area (Å²) in [5, 5.41) is 54.9. The van der Waals surface area contributed by atoms with E-state index in [1.165, 1.54) is 44.1 Å². The largest absolute Gasteiger partial charge is 0.508 e. The van der Waals surface area contributed by atoms with Crippen LogP contribution in [0, 0.1) is 11.8 Å². The van der Waals surface area contributed by atoms with Crippen molar-refractivity contribution in [3.63, 3.8) is 0 Å². The van der Waals surface area contributed by atoms with Gasteiger partial charge in [-0.15, -0.1) is 0 Å². The van der Waals surface area contributed by atoms with Crippen molar-refractivity contribution in [3.8, 4) is 5.75 Å². The minimum absolute atomic E-state index is 0.170. The molecule has 3 aliphatic carbocycles. The van der Waals surface area contributed by atoms with Gasteiger partial charge in [0.2, 0.25) is 5.78 Å². The second kappa shape index (κ2) is 6.64. The summed E-state index contributed by atoms with van der Waals surface area (Å²) in [6, 6.07) is 3.02. The van der Waals surface area contributed by atoms with Gasteiger partial charge >= 0.3 is 0 Å². The Kier molecular flexibility index (Phi) is 4.57. The number of carbonyl (C=O) groups is 3. The fourth-order valence-corrected chi connectivity index (χ4v) is 5.50. The van der Waals surface area contributed by atoms with E-state index in [0.717, 1.165) is 0 Å². The lowest BCUT2D eigenvalue weighted by Crippen LogP contribution is -2.67. The first-order valence-electron chi connectivity index (χ1n) is 9.97. The van der Waals surface area contributed by atoms with Crippen molar-refractivity contribution < 1.29 is 39.9 Å². The van der Waals surface area contributed by atoms with Gasteiger partial charge in [0.25, 0.3) is 5.91 Å². The van der Waals surface area contributed by atoms with Crippen LogP contribution in [0.4, 0.5) is 0 Å². The number of phenols is 1. The van der Waals surface area contributed by atoms with Crippen LogP contribution in [-0.2, 0) is 20.0 Å². The first-order chi connectivity index (χ1) is 14.8. The number of rotatable bonds is 2. The Balaban J connectivity index is 2.05. The molecule has 7 N–H and O–H groups in total. The van der Waals surface area contributed by atoms with E-state index in [0.29, 0.717) is 0 Å². The predicted molar refractivity (Wildman–Crippen MR) is 110 cm³/mol. The number of ketones is 2. The molecular formula is C22H24N2O8. The van der Waals surface area contributed by atoms with Crippen molar-refractivity contribution in [2.75, 3.05) is 14.1 Å². The average molecular weight is 444 g/mol. The topological polar surface area (TPSA) is 182 Å². The highest BCUT2D eigenvalue weighted by molar-refractivity contribution is 6.24. The molecule has 10 heteroatoms. The highest BCUT2D eigenvalue weighted by Gasteiger charge is 2.66. The average Bonchev–Trinajstić information content (AvgIpc) is 2.68. The van der Waals surface area contributed by atoms with Crippen LogP contribution in [0.25, 0.3) is 5.76 Å². The number of fused-ring (bicyclic) bond motifs is 3. The Bertz CT molecular complexity index is 1150. The van der Waals surface area contributed by atoms with Crippen molar-refractivity contribution in [2.45, 2.75) is 30.6 Å². The molecule has 0 aromatic heterocycles. The molecule has 0 saturated heterocycles. The van der Waals surface area contributed by atoms with Gasteiger partial charge < -0.3 is 31.3 Å². The maximum absolute atomic E-state index is 13.7. The first kappa shape index (κ1) is 22.0. The summed E-state index contributed by atoms with van der Waals surface area (Å²) in [7, 11) is 3.01. The van der Waals surface area contributed by atoms with Gasteiger partial charge in [0, 0.05) is 17.4 Å². The van der Waals surface area contributed by atoms with Gasteiger partial charge in [-0.25, -0.2) is 0 Å². The number of carbonyl (C=O) groups excluding carboxylic acids is 3. The number of hydrogen-bond acceptors (Lipinski definition) is 9. The molecule has 0 bridgehead atoms. The van der Waals surface area contributed by atoms with Crippen molar-refractivity contribution in [3.05, 3.63) is 46.2 Å². The Morgan fingerprint density at radius 3 is 2.34 bits per heavy atom. The zero-order chi connectivity index (χ0) is 23.9. The van der Waals surface area contributed by atoms with Crippen LogP contribution in [0.2, 0.25) is 0 Å². The molecule has 1 aromatic rings. The van der Waals surface area contributed by atoms with Crippen molar-refractivity contribution in [1.29, 1.82) is 0 Å². The fourth-order valence-electron chi connectivity index (χ4n) is 5.50. The second-order valence-electron chi connectivity index (χ2n) is 8.96. The summed E-state index contributed by atoms with van der Waals surface area (Å²) >= 11 is 0. The lowest BCUT2D eigenvalue weighted by atomic mass is 9.54. The first-order valence-corrected chi connectivity index (χ1v) is 9.97. The summed E-state index contributed by atoms with van der Waals surface area (Å²) < 4.78 is 0. The van der Waals surface area contributed by atoms with E-state index in [1.54, 1.807) is 0 Å². The zero-order valence-electron chi connectivity index (χ0n) is 17.7. The van der Waals surface area contributed by atoms with E-state index in [4.69, 9.17) is 5.73 Å². The number of hydrogen-bond donors (Lipinski definition) is 6. The van der Waals surface area contributed by atoms with Gasteiger partial charge in [0.1, 0.15) is 22.8 Å². The number of aliphatic hydroxyl groups is 4. The summed E-state index contributed by atoms with van der Waals surface area (Å²) in [6.45, 7) is 1.40. The normalized spacial score (nSPS) is 34.4. The standard InChI is InChI=1S/C22H24N2O8/c1-21(31)8-5-4-6-11(25)12(8)16(26)13-9(21)7-10-15(24(2)3)17(27)14(20(23)30)19(29)22(10,32)18(13)28/h4-6,9-10,15,25-26,29,31-32H,7H2,1-3H3,(H2,23,30)/t9?,10?,15-,21+,22+/m1/s1. The molecule has 0 heterocycles. The summed E-state index contributed by atoms with van der Waals surface area (Å²) in [5.74, 6) is -7.90. The number of amides is 1. The molecular weight excluding hydrogens is 420 g/mol. The van der Waals surface area contributed by atoms with Crippen LogP contribution in [-0.4, -0.2) is 73.6 Å². The Hall–Kier alpha value is -3.21. The van der Waals surface area contributed by atoms with E-state index in [1.807, 2.05) is 0 Å². The van der Waals surface area contributed by atoms with Gasteiger partial charge in [-0.05, 0) is 39.1 Å². The molecule has 32 heavy (non-hydrogen) atoms. The Labute approximate surface area is 182 Å². The van der Waals surface area contributed by atoms with Crippen molar-refractivity contribution in [1.82, 2.24) is 4.90 Å². The molecule has 10 nitrogen and oxygen atoms in total. The van der Waals surface area contributed by atoms with Crippen LogP contribution in [0.1, 0.15) is 24.5 Å². The lowest BCUT2D eigenvalue weighted by Gasteiger charge is -2.53. The third-order valence-electron chi connectivity index (χ3n) is 7.02. The highest BCUT2D eigenvalue weighted by Crippen LogP contribution is 2.57. The van der Waals surface area contributed by atoms with Crippen LogP contribution in [0.15, 0.2) is 35.1 Å².